The molecule has 0 amide bonds. The van der Waals surface area contributed by atoms with Gasteiger partial charge in [0, 0.05) is 25.7 Å². The summed E-state index contributed by atoms with van der Waals surface area (Å²) in [5.74, 6) is 1.58. The highest BCUT2D eigenvalue weighted by atomic mass is 16.5. The van der Waals surface area contributed by atoms with E-state index in [1.165, 1.54) is 5.56 Å². The van der Waals surface area contributed by atoms with Crippen molar-refractivity contribution in [2.24, 2.45) is 0 Å². The minimum Gasteiger partial charge on any atom is -0.493 e. The molecule has 1 atom stereocenters. The van der Waals surface area contributed by atoms with Gasteiger partial charge in [0.25, 0.3) is 0 Å². The van der Waals surface area contributed by atoms with Crippen molar-refractivity contribution in [2.75, 3.05) is 33.9 Å². The lowest BCUT2D eigenvalue weighted by atomic mass is 10.0. The van der Waals surface area contributed by atoms with Crippen LogP contribution >= 0.6 is 0 Å². The number of piperazine rings is 1. The summed E-state index contributed by atoms with van der Waals surface area (Å²) in [5, 5.41) is 6.89. The van der Waals surface area contributed by atoms with E-state index in [9.17, 15) is 0 Å². The maximum atomic E-state index is 5.31. The summed E-state index contributed by atoms with van der Waals surface area (Å²) < 4.78 is 10.5. The van der Waals surface area contributed by atoms with Crippen LogP contribution in [0.1, 0.15) is 5.56 Å². The van der Waals surface area contributed by atoms with Crippen molar-refractivity contribution in [1.82, 2.24) is 10.6 Å². The molecule has 0 radical (unpaired) electrons. The standard InChI is InChI=1S/C13H20N2O2/c1-16-12-4-3-10(8-13(12)17-2)7-11-9-14-5-6-15-11/h3-4,8,11,14-15H,5-7,9H2,1-2H3/t11-/m1/s1. The lowest BCUT2D eigenvalue weighted by molar-refractivity contribution is 0.354. The first-order valence-corrected chi connectivity index (χ1v) is 5.98. The van der Waals surface area contributed by atoms with Crippen molar-refractivity contribution < 1.29 is 9.47 Å². The summed E-state index contributed by atoms with van der Waals surface area (Å²) in [7, 11) is 3.33. The molecule has 1 saturated heterocycles. The van der Waals surface area contributed by atoms with E-state index in [1.807, 2.05) is 6.07 Å². The van der Waals surface area contributed by atoms with Crippen LogP contribution in [0.2, 0.25) is 0 Å². The molecule has 1 aromatic carbocycles. The molecule has 1 heterocycles. The fraction of sp³-hybridized carbons (Fsp3) is 0.538. The van der Waals surface area contributed by atoms with Crippen molar-refractivity contribution in [1.29, 1.82) is 0 Å². The maximum Gasteiger partial charge on any atom is 0.160 e. The second-order valence-corrected chi connectivity index (χ2v) is 4.25. The third kappa shape index (κ3) is 3.11. The second-order valence-electron chi connectivity index (χ2n) is 4.25. The molecule has 17 heavy (non-hydrogen) atoms. The Hall–Kier alpha value is -1.26. The number of benzene rings is 1. The van der Waals surface area contributed by atoms with Crippen LogP contribution in [0.25, 0.3) is 0 Å². The van der Waals surface area contributed by atoms with E-state index in [0.717, 1.165) is 37.6 Å². The van der Waals surface area contributed by atoms with Gasteiger partial charge in [-0.25, -0.2) is 0 Å². The van der Waals surface area contributed by atoms with Crippen LogP contribution in [0.3, 0.4) is 0 Å². The molecule has 1 aliphatic heterocycles. The number of hydrogen-bond acceptors (Lipinski definition) is 4. The highest BCUT2D eigenvalue weighted by Gasteiger charge is 2.13. The summed E-state index contributed by atoms with van der Waals surface area (Å²) in [6.45, 7) is 3.12. The summed E-state index contributed by atoms with van der Waals surface area (Å²) in [4.78, 5) is 0. The van der Waals surface area contributed by atoms with Gasteiger partial charge in [-0.05, 0) is 24.1 Å². The summed E-state index contributed by atoms with van der Waals surface area (Å²) in [6.07, 6.45) is 1.01. The Morgan fingerprint density at radius 3 is 2.65 bits per heavy atom. The Labute approximate surface area is 102 Å². The number of hydrogen-bond donors (Lipinski definition) is 2. The first kappa shape index (κ1) is 12.2. The average molecular weight is 236 g/mol. The molecule has 0 spiro atoms. The van der Waals surface area contributed by atoms with Gasteiger partial charge in [-0.3, -0.25) is 0 Å². The van der Waals surface area contributed by atoms with Gasteiger partial charge in [0.2, 0.25) is 0 Å². The van der Waals surface area contributed by atoms with Gasteiger partial charge >= 0.3 is 0 Å². The van der Waals surface area contributed by atoms with Gasteiger partial charge in [-0.1, -0.05) is 6.07 Å². The van der Waals surface area contributed by atoms with Crippen LogP contribution in [-0.2, 0) is 6.42 Å². The molecule has 0 aliphatic carbocycles. The summed E-state index contributed by atoms with van der Waals surface area (Å²) >= 11 is 0. The monoisotopic (exact) mass is 236 g/mol. The Bertz CT molecular complexity index is 362. The van der Waals surface area contributed by atoms with E-state index in [1.54, 1.807) is 14.2 Å². The Morgan fingerprint density at radius 2 is 2.00 bits per heavy atom. The van der Waals surface area contributed by atoms with Crippen molar-refractivity contribution >= 4 is 0 Å². The molecule has 4 nitrogen and oxygen atoms in total. The van der Waals surface area contributed by atoms with E-state index in [-0.39, 0.29) is 0 Å². The van der Waals surface area contributed by atoms with Crippen LogP contribution in [0.5, 0.6) is 11.5 Å². The Morgan fingerprint density at radius 1 is 1.18 bits per heavy atom. The van der Waals surface area contributed by atoms with E-state index < -0.39 is 0 Å². The van der Waals surface area contributed by atoms with E-state index in [4.69, 9.17) is 9.47 Å². The van der Waals surface area contributed by atoms with E-state index >= 15 is 0 Å². The molecule has 2 N–H and O–H groups in total. The minimum absolute atomic E-state index is 0.502. The van der Waals surface area contributed by atoms with Gasteiger partial charge < -0.3 is 20.1 Å². The van der Waals surface area contributed by atoms with Gasteiger partial charge in [0.05, 0.1) is 14.2 Å². The molecule has 4 heteroatoms. The van der Waals surface area contributed by atoms with Crippen LogP contribution in [-0.4, -0.2) is 39.9 Å². The van der Waals surface area contributed by atoms with Crippen molar-refractivity contribution in [3.63, 3.8) is 0 Å². The van der Waals surface area contributed by atoms with Gasteiger partial charge in [0.15, 0.2) is 11.5 Å². The molecule has 0 bridgehead atoms. The van der Waals surface area contributed by atoms with Crippen LogP contribution in [0.15, 0.2) is 18.2 Å². The number of ether oxygens (including phenoxy) is 2. The van der Waals surface area contributed by atoms with Crippen molar-refractivity contribution in [3.8, 4) is 11.5 Å². The molecule has 94 valence electrons. The van der Waals surface area contributed by atoms with E-state index in [2.05, 4.69) is 22.8 Å². The smallest absolute Gasteiger partial charge is 0.160 e. The third-order valence-electron chi connectivity index (χ3n) is 3.06. The molecule has 1 aliphatic rings. The van der Waals surface area contributed by atoms with Crippen molar-refractivity contribution in [2.45, 2.75) is 12.5 Å². The van der Waals surface area contributed by atoms with Crippen molar-refractivity contribution in [3.05, 3.63) is 23.8 Å². The highest BCUT2D eigenvalue weighted by Crippen LogP contribution is 2.27. The van der Waals surface area contributed by atoms with E-state index in [0.29, 0.717) is 6.04 Å². The zero-order valence-corrected chi connectivity index (χ0v) is 10.5. The molecule has 0 aromatic heterocycles. The van der Waals surface area contributed by atoms with Gasteiger partial charge in [-0.15, -0.1) is 0 Å². The zero-order chi connectivity index (χ0) is 12.1. The predicted octanol–water partition coefficient (Wildman–Crippen LogP) is 0.808. The summed E-state index contributed by atoms with van der Waals surface area (Å²) in [5.41, 5.74) is 1.27. The number of nitrogens with one attached hydrogen (secondary N) is 2. The normalized spacial score (nSPS) is 20.0. The first-order valence-electron chi connectivity index (χ1n) is 5.98. The quantitative estimate of drug-likeness (QED) is 0.812. The van der Waals surface area contributed by atoms with Gasteiger partial charge in [-0.2, -0.15) is 0 Å². The molecule has 2 rings (SSSR count). The van der Waals surface area contributed by atoms with Crippen LogP contribution in [0, 0.1) is 0 Å². The van der Waals surface area contributed by atoms with Crippen LogP contribution in [0.4, 0.5) is 0 Å². The maximum absolute atomic E-state index is 5.31. The fourth-order valence-electron chi connectivity index (χ4n) is 2.15. The first-order chi connectivity index (χ1) is 8.33. The topological polar surface area (TPSA) is 42.5 Å². The fourth-order valence-corrected chi connectivity index (χ4v) is 2.15. The Kier molecular flexibility index (Phi) is 4.23. The number of rotatable bonds is 4. The lowest BCUT2D eigenvalue weighted by Crippen LogP contribution is -2.49. The van der Waals surface area contributed by atoms with Gasteiger partial charge in [0.1, 0.15) is 0 Å². The molecule has 1 aromatic rings. The second kappa shape index (κ2) is 5.89. The molecule has 0 saturated carbocycles. The SMILES string of the molecule is COc1ccc(C[C@@H]2CNCCN2)cc1OC. The third-order valence-corrected chi connectivity index (χ3v) is 3.06. The Balaban J connectivity index is 2.05. The molecular weight excluding hydrogens is 216 g/mol. The minimum atomic E-state index is 0.502. The lowest BCUT2D eigenvalue weighted by Gasteiger charge is -2.24. The largest absolute Gasteiger partial charge is 0.493 e. The van der Waals surface area contributed by atoms with Crippen LogP contribution < -0.4 is 20.1 Å². The zero-order valence-electron chi connectivity index (χ0n) is 10.5. The molecule has 0 unspecified atom stereocenters. The number of methoxy groups -OCH3 is 2. The molecule has 1 fully saturated rings. The molecular formula is C13H20N2O2. The average Bonchev–Trinajstić information content (AvgIpc) is 2.40. The highest BCUT2D eigenvalue weighted by molar-refractivity contribution is 5.43. The summed E-state index contributed by atoms with van der Waals surface area (Å²) in [6, 6.07) is 6.61. The predicted molar refractivity (Wildman–Crippen MR) is 67.9 cm³/mol.